The molecule has 0 fully saturated rings. The summed E-state index contributed by atoms with van der Waals surface area (Å²) < 4.78 is 0. The zero-order chi connectivity index (χ0) is 12.1. The van der Waals surface area contributed by atoms with Crippen molar-refractivity contribution in [1.29, 1.82) is 0 Å². The summed E-state index contributed by atoms with van der Waals surface area (Å²) in [4.78, 5) is 12.9. The van der Waals surface area contributed by atoms with Crippen molar-refractivity contribution in [3.63, 3.8) is 0 Å². The van der Waals surface area contributed by atoms with E-state index in [1.165, 1.54) is 10.5 Å². The molecule has 4 heteroatoms. The van der Waals surface area contributed by atoms with E-state index in [9.17, 15) is 4.79 Å². The second kappa shape index (κ2) is 5.51. The number of urea groups is 1. The maximum Gasteiger partial charge on any atom is 0.321 e. The number of carbonyl (C=O) groups is 1. The van der Waals surface area contributed by atoms with Crippen LogP contribution in [0.2, 0.25) is 0 Å². The van der Waals surface area contributed by atoms with Gasteiger partial charge in [0, 0.05) is 25.8 Å². The maximum atomic E-state index is 11.4. The minimum Gasteiger partial charge on any atom is -0.331 e. The average Bonchev–Trinajstić information content (AvgIpc) is 2.28. The Morgan fingerprint density at radius 2 is 1.81 bits per heavy atom. The highest BCUT2D eigenvalue weighted by Gasteiger charge is 2.05. The topological polar surface area (TPSA) is 44.4 Å². The van der Waals surface area contributed by atoms with E-state index in [1.54, 1.807) is 14.1 Å². The maximum absolute atomic E-state index is 11.4. The Kier molecular flexibility index (Phi) is 4.31. The number of amides is 2. The lowest BCUT2D eigenvalue weighted by Crippen LogP contribution is -2.27. The fourth-order valence-electron chi connectivity index (χ4n) is 1.26. The monoisotopic (exact) mass is 221 g/mol. The molecule has 2 amide bonds. The minimum absolute atomic E-state index is 0.116. The second-order valence-corrected chi connectivity index (χ2v) is 3.96. The molecule has 0 radical (unpaired) electrons. The Morgan fingerprint density at radius 1 is 1.25 bits per heavy atom. The van der Waals surface area contributed by atoms with Crippen LogP contribution in [0.5, 0.6) is 0 Å². The van der Waals surface area contributed by atoms with Crippen molar-refractivity contribution < 1.29 is 4.79 Å². The Bertz CT molecular complexity index is 346. The number of carbonyl (C=O) groups excluding carboxylic acids is 1. The van der Waals surface area contributed by atoms with Crippen LogP contribution >= 0.6 is 0 Å². The van der Waals surface area contributed by atoms with E-state index in [0.717, 1.165) is 5.69 Å². The van der Waals surface area contributed by atoms with Crippen molar-refractivity contribution in [2.45, 2.75) is 13.0 Å². The van der Waals surface area contributed by atoms with Crippen molar-refractivity contribution in [2.75, 3.05) is 26.5 Å². The van der Waals surface area contributed by atoms with E-state index in [2.05, 4.69) is 17.6 Å². The summed E-state index contributed by atoms with van der Waals surface area (Å²) in [5.74, 6) is 0. The van der Waals surface area contributed by atoms with Gasteiger partial charge in [0.2, 0.25) is 0 Å². The number of anilines is 1. The van der Waals surface area contributed by atoms with Gasteiger partial charge >= 0.3 is 6.03 Å². The van der Waals surface area contributed by atoms with Crippen LogP contribution in [0, 0.1) is 0 Å². The highest BCUT2D eigenvalue weighted by molar-refractivity contribution is 5.88. The third-order valence-electron chi connectivity index (χ3n) is 2.50. The molecule has 0 aliphatic carbocycles. The summed E-state index contributed by atoms with van der Waals surface area (Å²) in [5.41, 5.74) is 2.01. The van der Waals surface area contributed by atoms with Gasteiger partial charge in [-0.25, -0.2) is 4.79 Å². The molecule has 1 aromatic rings. The van der Waals surface area contributed by atoms with Crippen LogP contribution in [0.4, 0.5) is 10.5 Å². The summed E-state index contributed by atoms with van der Waals surface area (Å²) in [6, 6.07) is 8.03. The molecule has 0 bridgehead atoms. The van der Waals surface area contributed by atoms with Crippen LogP contribution in [0.3, 0.4) is 0 Å². The third-order valence-corrected chi connectivity index (χ3v) is 2.50. The highest BCUT2D eigenvalue weighted by Crippen LogP contribution is 2.15. The lowest BCUT2D eigenvalue weighted by Gasteiger charge is -2.14. The summed E-state index contributed by atoms with van der Waals surface area (Å²) in [6.45, 7) is 2.09. The van der Waals surface area contributed by atoms with Gasteiger partial charge in [-0.1, -0.05) is 12.1 Å². The van der Waals surface area contributed by atoms with Crippen molar-refractivity contribution in [2.24, 2.45) is 0 Å². The molecule has 1 aromatic carbocycles. The zero-order valence-corrected chi connectivity index (χ0v) is 10.2. The van der Waals surface area contributed by atoms with Crippen LogP contribution in [0.15, 0.2) is 24.3 Å². The predicted molar refractivity (Wildman–Crippen MR) is 66.6 cm³/mol. The number of rotatable bonds is 3. The molecule has 0 aliphatic rings. The zero-order valence-electron chi connectivity index (χ0n) is 10.2. The lowest BCUT2D eigenvalue weighted by molar-refractivity contribution is 0.230. The Morgan fingerprint density at radius 3 is 2.25 bits per heavy atom. The quantitative estimate of drug-likeness (QED) is 0.820. The van der Waals surface area contributed by atoms with E-state index < -0.39 is 0 Å². The molecule has 2 N–H and O–H groups in total. The predicted octanol–water partition coefficient (Wildman–Crippen LogP) is 2.06. The van der Waals surface area contributed by atoms with E-state index in [4.69, 9.17) is 0 Å². The van der Waals surface area contributed by atoms with Crippen LogP contribution in [0.1, 0.15) is 18.5 Å². The number of nitrogens with one attached hydrogen (secondary N) is 2. The van der Waals surface area contributed by atoms with Gasteiger partial charge in [-0.2, -0.15) is 0 Å². The van der Waals surface area contributed by atoms with E-state index >= 15 is 0 Å². The molecule has 0 saturated heterocycles. The van der Waals surface area contributed by atoms with Gasteiger partial charge in [-0.15, -0.1) is 0 Å². The SMILES string of the molecule is CNC(C)c1ccc(NC(=O)N(C)C)cc1. The van der Waals surface area contributed by atoms with Crippen molar-refractivity contribution >= 4 is 11.7 Å². The van der Waals surface area contributed by atoms with Crippen LogP contribution in [-0.2, 0) is 0 Å². The first-order chi connectivity index (χ1) is 7.54. The molecule has 0 aromatic heterocycles. The van der Waals surface area contributed by atoms with E-state index in [1.807, 2.05) is 31.3 Å². The number of benzene rings is 1. The molecular formula is C12H19N3O. The number of hydrogen-bond acceptors (Lipinski definition) is 2. The molecule has 4 nitrogen and oxygen atoms in total. The molecule has 1 rings (SSSR count). The minimum atomic E-state index is -0.116. The van der Waals surface area contributed by atoms with E-state index in [0.29, 0.717) is 6.04 Å². The second-order valence-electron chi connectivity index (χ2n) is 3.96. The number of nitrogens with zero attached hydrogens (tertiary/aromatic N) is 1. The molecule has 0 heterocycles. The Hall–Kier alpha value is -1.55. The van der Waals surface area contributed by atoms with Crippen molar-refractivity contribution in [3.05, 3.63) is 29.8 Å². The lowest BCUT2D eigenvalue weighted by atomic mass is 10.1. The standard InChI is InChI=1S/C12H19N3O/c1-9(13-2)10-5-7-11(8-6-10)14-12(16)15(3)4/h5-9,13H,1-4H3,(H,14,16). The van der Waals surface area contributed by atoms with Crippen LogP contribution in [0.25, 0.3) is 0 Å². The molecule has 0 saturated carbocycles. The summed E-state index contributed by atoms with van der Waals surface area (Å²) in [7, 11) is 5.35. The van der Waals surface area contributed by atoms with Crippen molar-refractivity contribution in [1.82, 2.24) is 10.2 Å². The van der Waals surface area contributed by atoms with Crippen molar-refractivity contribution in [3.8, 4) is 0 Å². The van der Waals surface area contributed by atoms with Gasteiger partial charge in [0.1, 0.15) is 0 Å². The molecule has 16 heavy (non-hydrogen) atoms. The van der Waals surface area contributed by atoms with Gasteiger partial charge in [0.05, 0.1) is 0 Å². The largest absolute Gasteiger partial charge is 0.331 e. The van der Waals surface area contributed by atoms with E-state index in [-0.39, 0.29) is 6.03 Å². The summed E-state index contributed by atoms with van der Waals surface area (Å²) in [5, 5.41) is 5.96. The fourth-order valence-corrected chi connectivity index (χ4v) is 1.26. The molecule has 0 spiro atoms. The van der Waals surface area contributed by atoms with Crippen LogP contribution < -0.4 is 10.6 Å². The molecule has 88 valence electrons. The van der Waals surface area contributed by atoms with Gasteiger partial charge in [0.15, 0.2) is 0 Å². The van der Waals surface area contributed by atoms with Gasteiger partial charge in [-0.3, -0.25) is 0 Å². The highest BCUT2D eigenvalue weighted by atomic mass is 16.2. The molecule has 0 aliphatic heterocycles. The molecule has 1 atom stereocenters. The Balaban J connectivity index is 2.68. The molecular weight excluding hydrogens is 202 g/mol. The van der Waals surface area contributed by atoms with Crippen LogP contribution in [-0.4, -0.2) is 32.1 Å². The van der Waals surface area contributed by atoms with Gasteiger partial charge < -0.3 is 15.5 Å². The number of hydrogen-bond donors (Lipinski definition) is 2. The average molecular weight is 221 g/mol. The van der Waals surface area contributed by atoms with Gasteiger partial charge in [0.25, 0.3) is 0 Å². The first-order valence-corrected chi connectivity index (χ1v) is 5.30. The van der Waals surface area contributed by atoms with Gasteiger partial charge in [-0.05, 0) is 31.7 Å². The summed E-state index contributed by atoms with van der Waals surface area (Å²) >= 11 is 0. The molecule has 1 unspecified atom stereocenters. The third kappa shape index (κ3) is 3.24. The fraction of sp³-hybridized carbons (Fsp3) is 0.417. The first kappa shape index (κ1) is 12.5. The normalized spacial score (nSPS) is 12.0. The summed E-state index contributed by atoms with van der Waals surface area (Å²) in [6.07, 6.45) is 0. The first-order valence-electron chi connectivity index (χ1n) is 5.30. The smallest absolute Gasteiger partial charge is 0.321 e. The Labute approximate surface area is 96.6 Å².